The van der Waals surface area contributed by atoms with Gasteiger partial charge in [-0.15, -0.1) is 53.6 Å². The van der Waals surface area contributed by atoms with Crippen molar-refractivity contribution in [3.8, 4) is 28.4 Å². The zero-order chi connectivity index (χ0) is 42.8. The Kier molecular flexibility index (Phi) is 11.3. The van der Waals surface area contributed by atoms with Crippen molar-refractivity contribution in [2.45, 2.75) is 86.0 Å². The van der Waals surface area contributed by atoms with Gasteiger partial charge in [-0.1, -0.05) is 141 Å². The number of fused-ring (bicyclic) bond motifs is 4. The normalized spacial score (nSPS) is 13.2. The van der Waals surface area contributed by atoms with Crippen molar-refractivity contribution < 1.29 is 25.8 Å². The predicted octanol–water partition coefficient (Wildman–Crippen LogP) is 15.4. The van der Waals surface area contributed by atoms with Gasteiger partial charge in [-0.3, -0.25) is 0 Å². The van der Waals surface area contributed by atoms with Crippen LogP contribution in [-0.4, -0.2) is 9.55 Å². The van der Waals surface area contributed by atoms with Crippen LogP contribution in [0.25, 0.3) is 38.8 Å². The molecule has 0 spiro atoms. The summed E-state index contributed by atoms with van der Waals surface area (Å²) in [6.45, 7) is 25.0. The minimum atomic E-state index is -0.0402. The van der Waals surface area contributed by atoms with Crippen LogP contribution >= 0.6 is 0 Å². The first-order valence-corrected chi connectivity index (χ1v) is 21.5. The van der Waals surface area contributed by atoms with Gasteiger partial charge >= 0.3 is 0 Å². The maximum atomic E-state index is 6.90. The molecular formula is C56H55N4OPt-3. The molecule has 6 aromatic carbocycles. The Morgan fingerprint density at radius 2 is 1.34 bits per heavy atom. The maximum Gasteiger partial charge on any atom is 0.135 e. The van der Waals surface area contributed by atoms with Gasteiger partial charge in [-0.05, 0) is 92.3 Å². The number of aromatic nitrogens is 2. The molecule has 62 heavy (non-hydrogen) atoms. The average Bonchev–Trinajstić information content (AvgIpc) is 3.79. The minimum absolute atomic E-state index is 0. The van der Waals surface area contributed by atoms with Gasteiger partial charge in [-0.2, -0.15) is 6.07 Å². The Bertz CT molecular complexity index is 2930. The quantitative estimate of drug-likeness (QED) is 0.142. The van der Waals surface area contributed by atoms with Crippen LogP contribution in [0.5, 0.6) is 11.5 Å². The fourth-order valence-corrected chi connectivity index (χ4v) is 8.42. The van der Waals surface area contributed by atoms with Crippen molar-refractivity contribution in [1.82, 2.24) is 9.55 Å². The molecule has 0 saturated carbocycles. The van der Waals surface area contributed by atoms with E-state index in [0.717, 1.165) is 55.9 Å². The number of hydrogen-bond donors (Lipinski definition) is 0. The van der Waals surface area contributed by atoms with Crippen molar-refractivity contribution >= 4 is 44.6 Å². The molecule has 1 aliphatic heterocycles. The maximum absolute atomic E-state index is 6.90. The molecule has 0 amide bonds. The number of para-hydroxylation sites is 3. The fourth-order valence-electron chi connectivity index (χ4n) is 8.42. The van der Waals surface area contributed by atoms with Crippen molar-refractivity contribution in [3.05, 3.63) is 175 Å². The second-order valence-electron chi connectivity index (χ2n) is 19.3. The molecule has 318 valence electrons. The number of nitrogens with zero attached hydrogens (tertiary/aromatic N) is 4. The van der Waals surface area contributed by atoms with Crippen molar-refractivity contribution in [1.29, 1.82) is 0 Å². The Balaban J connectivity index is 0.00000529. The van der Waals surface area contributed by atoms with Crippen LogP contribution in [0.4, 0.5) is 22.7 Å². The van der Waals surface area contributed by atoms with Gasteiger partial charge in [0.25, 0.3) is 0 Å². The van der Waals surface area contributed by atoms with E-state index < -0.39 is 0 Å². The minimum Gasteiger partial charge on any atom is -0.509 e. The van der Waals surface area contributed by atoms with Gasteiger partial charge in [0.1, 0.15) is 5.82 Å². The predicted molar refractivity (Wildman–Crippen MR) is 255 cm³/mol. The Labute approximate surface area is 382 Å². The molecule has 2 aromatic heterocycles. The molecular weight excluding hydrogens is 940 g/mol. The Morgan fingerprint density at radius 1 is 0.629 bits per heavy atom. The molecule has 0 radical (unpaired) electrons. The number of ether oxygens (including phenoxy) is 1. The summed E-state index contributed by atoms with van der Waals surface area (Å²) in [6, 6.07) is 55.0. The third-order valence-electron chi connectivity index (χ3n) is 13.0. The third kappa shape index (κ3) is 7.75. The first-order chi connectivity index (χ1) is 29.1. The number of benzene rings is 6. The van der Waals surface area contributed by atoms with Crippen LogP contribution in [0.1, 0.15) is 91.8 Å². The van der Waals surface area contributed by atoms with E-state index >= 15 is 0 Å². The molecule has 0 aliphatic carbocycles. The standard InChI is InChI=1S/C56H55N4O.Pt/c1-37(2)45-20-11-12-21-46(45)38-30-42(59-36-58(50-24-15-16-25-51(50)59)41-19-17-18-40(32-41)56(9,10)55(6,7)8)34-44(31-38)61-43-26-27-48-47-22-13-14-23-49(47)60(52(48)35-43)53-33-39(28-29-57-53)54(3,4)5;/h11-33,36-37H,1-10H3;/q-3;. The molecule has 0 fully saturated rings. The van der Waals surface area contributed by atoms with Crippen LogP contribution in [-0.2, 0) is 31.9 Å². The van der Waals surface area contributed by atoms with E-state index in [1.165, 1.54) is 22.3 Å². The molecule has 0 atom stereocenters. The first-order valence-electron chi connectivity index (χ1n) is 21.5. The zero-order valence-electron chi connectivity index (χ0n) is 37.4. The van der Waals surface area contributed by atoms with E-state index in [1.807, 2.05) is 12.3 Å². The second kappa shape index (κ2) is 16.2. The summed E-state index contributed by atoms with van der Waals surface area (Å²) in [6.07, 6.45) is 1.91. The van der Waals surface area contributed by atoms with Crippen LogP contribution in [0.2, 0.25) is 0 Å². The van der Waals surface area contributed by atoms with E-state index in [0.29, 0.717) is 17.4 Å². The first kappa shape index (κ1) is 43.0. The summed E-state index contributed by atoms with van der Waals surface area (Å²) in [4.78, 5) is 9.42. The number of pyridine rings is 1. The van der Waals surface area contributed by atoms with Gasteiger partial charge in [0, 0.05) is 61.3 Å². The molecule has 0 saturated heterocycles. The fraction of sp³-hybridized carbons (Fsp3) is 0.250. The molecule has 0 N–H and O–H groups in total. The van der Waals surface area contributed by atoms with E-state index in [1.54, 1.807) is 0 Å². The van der Waals surface area contributed by atoms with Gasteiger partial charge in [0.05, 0.1) is 0 Å². The Hall–Kier alpha value is -5.64. The molecule has 5 nitrogen and oxygen atoms in total. The summed E-state index contributed by atoms with van der Waals surface area (Å²) in [7, 11) is 0. The van der Waals surface area contributed by atoms with Gasteiger partial charge in [0.2, 0.25) is 0 Å². The second-order valence-corrected chi connectivity index (χ2v) is 19.3. The summed E-state index contributed by atoms with van der Waals surface area (Å²) in [5.74, 6) is 2.39. The summed E-state index contributed by atoms with van der Waals surface area (Å²) in [5.41, 5.74) is 12.2. The van der Waals surface area contributed by atoms with Crippen molar-refractivity contribution in [2.75, 3.05) is 9.80 Å². The molecule has 6 heteroatoms. The van der Waals surface area contributed by atoms with Crippen LogP contribution in [0, 0.1) is 24.2 Å². The zero-order valence-corrected chi connectivity index (χ0v) is 39.7. The monoisotopic (exact) mass is 994 g/mol. The molecule has 3 heterocycles. The SMILES string of the molecule is CC(C)c1ccccc1-c1cc(Oc2[c-]c3c(cc2)c2ccccc2n3-c2cc(C(C)(C)C)ccn2)[c-]c(N2[CH-]N(c3cccc(C(C)(C)C(C)(C)C)c3)c3ccccc32)c1.[Pt]. The molecule has 9 rings (SSSR count). The van der Waals surface area contributed by atoms with Crippen LogP contribution in [0.3, 0.4) is 0 Å². The van der Waals surface area contributed by atoms with Crippen molar-refractivity contribution in [2.24, 2.45) is 5.41 Å². The molecule has 0 bridgehead atoms. The topological polar surface area (TPSA) is 33.5 Å². The smallest absolute Gasteiger partial charge is 0.135 e. The van der Waals surface area contributed by atoms with Crippen molar-refractivity contribution in [3.63, 3.8) is 0 Å². The van der Waals surface area contributed by atoms with Crippen LogP contribution in [0.15, 0.2) is 140 Å². The van der Waals surface area contributed by atoms with E-state index in [4.69, 9.17) is 9.72 Å². The molecule has 0 unspecified atom stereocenters. The van der Waals surface area contributed by atoms with E-state index in [9.17, 15) is 0 Å². The average molecular weight is 995 g/mol. The largest absolute Gasteiger partial charge is 0.509 e. The third-order valence-corrected chi connectivity index (χ3v) is 13.0. The number of anilines is 4. The Morgan fingerprint density at radius 3 is 2.08 bits per heavy atom. The van der Waals surface area contributed by atoms with E-state index in [-0.39, 0.29) is 37.3 Å². The van der Waals surface area contributed by atoms with Crippen LogP contribution < -0.4 is 14.5 Å². The molecule has 8 aromatic rings. The number of hydrogen-bond acceptors (Lipinski definition) is 4. The summed E-state index contributed by atoms with van der Waals surface area (Å²) in [5, 5.41) is 2.23. The molecule has 1 aliphatic rings. The summed E-state index contributed by atoms with van der Waals surface area (Å²) < 4.78 is 9.11. The number of rotatable bonds is 8. The van der Waals surface area contributed by atoms with E-state index in [2.05, 4.69) is 230 Å². The van der Waals surface area contributed by atoms with Gasteiger partial charge < -0.3 is 19.1 Å². The summed E-state index contributed by atoms with van der Waals surface area (Å²) >= 11 is 0. The van der Waals surface area contributed by atoms with Gasteiger partial charge in [-0.25, -0.2) is 4.98 Å². The van der Waals surface area contributed by atoms with Gasteiger partial charge in [0.15, 0.2) is 0 Å².